The number of alkyl halides is 3. The molecule has 0 fully saturated rings. The van der Waals surface area contributed by atoms with Crippen LogP contribution in [0.2, 0.25) is 0 Å². The van der Waals surface area contributed by atoms with Crippen LogP contribution in [0.1, 0.15) is 18.9 Å². The van der Waals surface area contributed by atoms with Gasteiger partial charge in [-0.1, -0.05) is 0 Å². The number of carbonyl (C=O) groups is 3. The fourth-order valence-electron chi connectivity index (χ4n) is 1.89. The summed E-state index contributed by atoms with van der Waals surface area (Å²) in [6.07, 6.45) is -6.35. The number of halogens is 3. The van der Waals surface area contributed by atoms with Gasteiger partial charge in [0.05, 0.1) is 16.9 Å². The number of amides is 3. The molecule has 3 amide bonds. The minimum absolute atomic E-state index is 0.200. The summed E-state index contributed by atoms with van der Waals surface area (Å²) in [6, 6.07) is 1.14. The number of imide groups is 1. The molecule has 1 aromatic carbocycles. The number of nitrogens with one attached hydrogen (secondary N) is 3. The maximum Gasteiger partial charge on any atom is 0.416 e. The van der Waals surface area contributed by atoms with Gasteiger partial charge in [0.15, 0.2) is 6.10 Å². The van der Waals surface area contributed by atoms with Gasteiger partial charge in [0, 0.05) is 19.7 Å². The number of nitro benzene ring substituents is 1. The number of urea groups is 1. The van der Waals surface area contributed by atoms with Crippen LogP contribution in [0.4, 0.5) is 29.3 Å². The first-order valence-corrected chi connectivity index (χ1v) is 7.77. The summed E-state index contributed by atoms with van der Waals surface area (Å²) in [6.45, 7) is 1.03. The Hall–Kier alpha value is -3.38. The Bertz CT molecular complexity index is 769. The minimum Gasteiger partial charge on any atom is -0.452 e. The Morgan fingerprint density at radius 2 is 1.93 bits per heavy atom. The zero-order chi connectivity index (χ0) is 21.5. The van der Waals surface area contributed by atoms with Crippen molar-refractivity contribution in [3.8, 4) is 0 Å². The maximum atomic E-state index is 12.6. The normalized spacial score (nSPS) is 11.9. The van der Waals surface area contributed by atoms with Crippen molar-refractivity contribution >= 4 is 29.3 Å². The second-order valence-electron chi connectivity index (χ2n) is 5.36. The summed E-state index contributed by atoms with van der Waals surface area (Å²) >= 11 is 0. The molecule has 13 heteroatoms. The van der Waals surface area contributed by atoms with Crippen molar-refractivity contribution < 1.29 is 37.2 Å². The minimum atomic E-state index is -4.74. The number of ether oxygens (including phenoxy) is 1. The largest absolute Gasteiger partial charge is 0.452 e. The molecule has 1 aromatic rings. The molecule has 1 atom stereocenters. The van der Waals surface area contributed by atoms with Gasteiger partial charge in [0.1, 0.15) is 5.69 Å². The van der Waals surface area contributed by atoms with Gasteiger partial charge in [-0.2, -0.15) is 13.2 Å². The van der Waals surface area contributed by atoms with E-state index in [1.165, 1.54) is 14.0 Å². The summed E-state index contributed by atoms with van der Waals surface area (Å²) in [5.41, 5.74) is -2.20. The third kappa shape index (κ3) is 6.74. The van der Waals surface area contributed by atoms with E-state index in [0.29, 0.717) is 12.1 Å². The quantitative estimate of drug-likeness (QED) is 0.356. The summed E-state index contributed by atoms with van der Waals surface area (Å²) < 4.78 is 42.7. The highest BCUT2D eigenvalue weighted by molar-refractivity contribution is 5.97. The molecule has 0 saturated heterocycles. The third-order valence-electron chi connectivity index (χ3n) is 3.31. The number of esters is 1. The van der Waals surface area contributed by atoms with Gasteiger partial charge in [-0.25, -0.2) is 4.79 Å². The summed E-state index contributed by atoms with van der Waals surface area (Å²) in [7, 11) is 1.28. The zero-order valence-electron chi connectivity index (χ0n) is 14.8. The van der Waals surface area contributed by atoms with Crippen molar-refractivity contribution in [2.75, 3.05) is 18.9 Å². The van der Waals surface area contributed by atoms with Crippen molar-refractivity contribution in [3.05, 3.63) is 33.9 Å². The van der Waals surface area contributed by atoms with Gasteiger partial charge in [-0.05, 0) is 19.1 Å². The molecular formula is C15H17F3N4O6. The third-order valence-corrected chi connectivity index (χ3v) is 3.31. The molecule has 10 nitrogen and oxygen atoms in total. The molecule has 28 heavy (non-hydrogen) atoms. The molecule has 0 spiro atoms. The van der Waals surface area contributed by atoms with Crippen LogP contribution in [0.15, 0.2) is 18.2 Å². The van der Waals surface area contributed by atoms with Gasteiger partial charge >= 0.3 is 18.2 Å². The molecule has 3 N–H and O–H groups in total. The smallest absolute Gasteiger partial charge is 0.416 e. The summed E-state index contributed by atoms with van der Waals surface area (Å²) in [4.78, 5) is 44.2. The Balaban J connectivity index is 2.63. The average Bonchev–Trinajstić information content (AvgIpc) is 2.60. The number of nitro groups is 1. The van der Waals surface area contributed by atoms with Crippen LogP contribution in [0.3, 0.4) is 0 Å². The molecule has 0 aliphatic carbocycles. The van der Waals surface area contributed by atoms with E-state index in [0.717, 1.165) is 6.07 Å². The predicted octanol–water partition coefficient (Wildman–Crippen LogP) is 1.80. The van der Waals surface area contributed by atoms with Crippen LogP contribution in [0.25, 0.3) is 0 Å². The van der Waals surface area contributed by atoms with Crippen LogP contribution in [-0.4, -0.2) is 42.5 Å². The van der Waals surface area contributed by atoms with Crippen molar-refractivity contribution in [3.63, 3.8) is 0 Å². The number of anilines is 1. The fourth-order valence-corrected chi connectivity index (χ4v) is 1.89. The van der Waals surface area contributed by atoms with E-state index in [4.69, 9.17) is 4.74 Å². The molecule has 0 bridgehead atoms. The van der Waals surface area contributed by atoms with E-state index >= 15 is 0 Å². The number of nitrogens with zero attached hydrogens (tertiary/aromatic N) is 1. The first-order chi connectivity index (χ1) is 13.0. The summed E-state index contributed by atoms with van der Waals surface area (Å²) in [5.74, 6) is -1.72. The molecular weight excluding hydrogens is 389 g/mol. The Morgan fingerprint density at radius 1 is 1.29 bits per heavy atom. The van der Waals surface area contributed by atoms with Gasteiger partial charge in [-0.15, -0.1) is 0 Å². The Morgan fingerprint density at radius 3 is 2.46 bits per heavy atom. The van der Waals surface area contributed by atoms with E-state index in [2.05, 4.69) is 10.6 Å². The Labute approximate surface area is 156 Å². The number of rotatable bonds is 7. The van der Waals surface area contributed by atoms with Gasteiger partial charge < -0.3 is 15.4 Å². The molecule has 0 aliphatic heterocycles. The fraction of sp³-hybridized carbons (Fsp3) is 0.400. The predicted molar refractivity (Wildman–Crippen MR) is 89.4 cm³/mol. The van der Waals surface area contributed by atoms with Crippen LogP contribution in [0, 0.1) is 10.1 Å². The van der Waals surface area contributed by atoms with E-state index in [1.807, 2.05) is 5.32 Å². The molecule has 0 radical (unpaired) electrons. The molecule has 0 heterocycles. The lowest BCUT2D eigenvalue weighted by atomic mass is 10.1. The monoisotopic (exact) mass is 406 g/mol. The van der Waals surface area contributed by atoms with Crippen LogP contribution in [-0.2, 0) is 20.5 Å². The molecule has 0 unspecified atom stereocenters. The molecule has 1 rings (SSSR count). The molecule has 154 valence electrons. The lowest BCUT2D eigenvalue weighted by Gasteiger charge is -2.13. The van der Waals surface area contributed by atoms with E-state index in [1.54, 1.807) is 0 Å². The van der Waals surface area contributed by atoms with Gasteiger partial charge in [0.2, 0.25) is 0 Å². The van der Waals surface area contributed by atoms with Gasteiger partial charge in [-0.3, -0.25) is 25.0 Å². The highest BCUT2D eigenvalue weighted by Crippen LogP contribution is 2.34. The first kappa shape index (κ1) is 22.7. The lowest BCUT2D eigenvalue weighted by Crippen LogP contribution is -2.43. The van der Waals surface area contributed by atoms with Crippen molar-refractivity contribution in [1.82, 2.24) is 10.6 Å². The standard InChI is InChI=1S/C15H17F3N4O6/c1-8(13(24)21-14(25)19-2)28-12(23)5-6-20-10-4-3-9(15(16,17)18)7-11(10)22(26)27/h3-4,7-8,20H,5-6H2,1-2H3,(H2,19,21,24,25)/t8-/m0/s1. The average molecular weight is 406 g/mol. The summed E-state index contributed by atoms with van der Waals surface area (Å²) in [5, 5.41) is 17.5. The van der Waals surface area contributed by atoms with Crippen molar-refractivity contribution in [2.24, 2.45) is 0 Å². The number of hydrogen-bond donors (Lipinski definition) is 3. The number of hydrogen-bond acceptors (Lipinski definition) is 7. The maximum absolute atomic E-state index is 12.6. The molecule has 0 aromatic heterocycles. The SMILES string of the molecule is CNC(=O)NC(=O)[C@H](C)OC(=O)CCNc1ccc(C(F)(F)F)cc1[N+](=O)[O-]. The zero-order valence-corrected chi connectivity index (χ0v) is 14.8. The van der Waals surface area contributed by atoms with Crippen molar-refractivity contribution in [2.45, 2.75) is 25.6 Å². The van der Waals surface area contributed by atoms with E-state index in [-0.39, 0.29) is 18.7 Å². The Kier molecular flexibility index (Phi) is 7.71. The molecule has 0 saturated carbocycles. The van der Waals surface area contributed by atoms with Crippen molar-refractivity contribution in [1.29, 1.82) is 0 Å². The lowest BCUT2D eigenvalue weighted by molar-refractivity contribution is -0.384. The molecule has 0 aliphatic rings. The number of carbonyl (C=O) groups excluding carboxylic acids is 3. The second kappa shape index (κ2) is 9.53. The highest BCUT2D eigenvalue weighted by Gasteiger charge is 2.33. The van der Waals surface area contributed by atoms with Crippen LogP contribution in [0.5, 0.6) is 0 Å². The van der Waals surface area contributed by atoms with Crippen LogP contribution >= 0.6 is 0 Å². The first-order valence-electron chi connectivity index (χ1n) is 7.77. The second-order valence-corrected chi connectivity index (χ2v) is 5.36. The topological polar surface area (TPSA) is 140 Å². The van der Waals surface area contributed by atoms with Gasteiger partial charge in [0.25, 0.3) is 11.6 Å². The van der Waals surface area contributed by atoms with Crippen LogP contribution < -0.4 is 16.0 Å². The van der Waals surface area contributed by atoms with E-state index in [9.17, 15) is 37.7 Å². The number of benzene rings is 1. The highest BCUT2D eigenvalue weighted by atomic mass is 19.4. The van der Waals surface area contributed by atoms with E-state index < -0.39 is 46.4 Å².